The smallest absolute Gasteiger partial charge is 0.179 e. The summed E-state index contributed by atoms with van der Waals surface area (Å²) >= 11 is 1.91. The van der Waals surface area contributed by atoms with Crippen LogP contribution in [0.25, 0.3) is 16.8 Å². The summed E-state index contributed by atoms with van der Waals surface area (Å²) in [5.74, 6) is 2.17. The summed E-state index contributed by atoms with van der Waals surface area (Å²) in [5, 5.41) is 9.65. The van der Waals surface area contributed by atoms with E-state index in [1.165, 1.54) is 25.7 Å². The van der Waals surface area contributed by atoms with Crippen molar-refractivity contribution in [1.29, 1.82) is 0 Å². The number of rotatable bonds is 7. The van der Waals surface area contributed by atoms with Gasteiger partial charge < -0.3 is 4.98 Å². The highest BCUT2D eigenvalue weighted by Gasteiger charge is 2.37. The summed E-state index contributed by atoms with van der Waals surface area (Å²) < 4.78 is 5.94. The second-order valence-corrected chi connectivity index (χ2v) is 8.78. The predicted octanol–water partition coefficient (Wildman–Crippen LogP) is 4.30. The molecule has 0 aliphatic heterocycles. The van der Waals surface area contributed by atoms with Crippen molar-refractivity contribution < 1.29 is 0 Å². The molecule has 4 unspecified atom stereocenters. The molecule has 3 heterocycles. The van der Waals surface area contributed by atoms with E-state index in [2.05, 4.69) is 56.1 Å². The van der Waals surface area contributed by atoms with Crippen LogP contribution in [0.5, 0.6) is 0 Å². The van der Waals surface area contributed by atoms with Crippen molar-refractivity contribution in [2.24, 2.45) is 5.92 Å². The maximum absolute atomic E-state index is 4.59. The van der Waals surface area contributed by atoms with E-state index < -0.39 is 0 Å². The number of nitrogens with one attached hydrogen (secondary N) is 2. The molecule has 6 nitrogen and oxygen atoms in total. The molecule has 0 bridgehead atoms. The molecule has 4 atom stereocenters. The van der Waals surface area contributed by atoms with Crippen LogP contribution < -0.4 is 4.72 Å². The molecule has 7 heteroatoms. The number of hydrogen-bond acceptors (Lipinski definition) is 5. The zero-order valence-corrected chi connectivity index (χ0v) is 16.6. The van der Waals surface area contributed by atoms with E-state index in [4.69, 9.17) is 0 Å². The third-order valence-corrected chi connectivity index (χ3v) is 6.76. The number of nitrogens with zero attached hydrogens (tertiary/aromatic N) is 4. The fourth-order valence-electron chi connectivity index (χ4n) is 4.30. The average Bonchev–Trinajstić information content (AvgIpc) is 3.35. The molecule has 4 rings (SSSR count). The van der Waals surface area contributed by atoms with Crippen LogP contribution in [0.4, 0.5) is 0 Å². The molecule has 1 aliphatic carbocycles. The summed E-state index contributed by atoms with van der Waals surface area (Å²) in [5.41, 5.74) is 2.80. The van der Waals surface area contributed by atoms with Gasteiger partial charge in [-0.05, 0) is 31.2 Å². The van der Waals surface area contributed by atoms with Crippen LogP contribution in [0, 0.1) is 5.92 Å². The third-order valence-electron chi connectivity index (χ3n) is 5.65. The predicted molar refractivity (Wildman–Crippen MR) is 107 cm³/mol. The van der Waals surface area contributed by atoms with E-state index in [9.17, 15) is 0 Å². The molecular weight excluding hydrogens is 344 g/mol. The molecule has 1 aliphatic rings. The fraction of sp³-hybridized carbons (Fsp3) is 0.632. The third kappa shape index (κ3) is 3.22. The lowest BCUT2D eigenvalue weighted by Gasteiger charge is -2.16. The van der Waals surface area contributed by atoms with Crippen molar-refractivity contribution >= 4 is 28.8 Å². The van der Waals surface area contributed by atoms with E-state index in [0.29, 0.717) is 23.1 Å². The first-order valence-electron chi connectivity index (χ1n) is 9.79. The standard InChI is InChI=1S/C19H28N6S/c1-4-6-12(3)26-24-14-9-13(5-2)15(10-14)19-23-22-17-11-21-18-16(25(17)19)7-8-20-18/h7-8,11-15,20,24H,4-6,9-10H2,1-3H3. The molecule has 3 aromatic heterocycles. The minimum absolute atomic E-state index is 0.440. The lowest BCUT2D eigenvalue weighted by atomic mass is 9.93. The van der Waals surface area contributed by atoms with Gasteiger partial charge >= 0.3 is 0 Å². The van der Waals surface area contributed by atoms with Crippen molar-refractivity contribution in [1.82, 2.24) is 29.3 Å². The Balaban J connectivity index is 1.58. The van der Waals surface area contributed by atoms with E-state index in [0.717, 1.165) is 29.1 Å². The Morgan fingerprint density at radius 1 is 1.35 bits per heavy atom. The van der Waals surface area contributed by atoms with Crippen LogP contribution in [0.3, 0.4) is 0 Å². The lowest BCUT2D eigenvalue weighted by molar-refractivity contribution is 0.449. The Kier molecular flexibility index (Phi) is 5.18. The van der Waals surface area contributed by atoms with E-state index in [1.807, 2.05) is 24.3 Å². The van der Waals surface area contributed by atoms with Crippen LogP contribution in [-0.4, -0.2) is 35.9 Å². The summed E-state index contributed by atoms with van der Waals surface area (Å²) in [6.07, 6.45) is 9.76. The Hall–Kier alpha value is -1.60. The van der Waals surface area contributed by atoms with Gasteiger partial charge in [-0.3, -0.25) is 9.12 Å². The topological polar surface area (TPSA) is 70.9 Å². The van der Waals surface area contributed by atoms with Gasteiger partial charge in [-0.2, -0.15) is 0 Å². The highest BCUT2D eigenvalue weighted by molar-refractivity contribution is 7.98. The quantitative estimate of drug-likeness (QED) is 0.605. The second-order valence-electron chi connectivity index (χ2n) is 7.50. The van der Waals surface area contributed by atoms with E-state index in [-0.39, 0.29) is 0 Å². The van der Waals surface area contributed by atoms with Gasteiger partial charge in [0.25, 0.3) is 0 Å². The lowest BCUT2D eigenvalue weighted by Crippen LogP contribution is -2.22. The molecule has 0 amide bonds. The van der Waals surface area contributed by atoms with Crippen molar-refractivity contribution in [2.75, 3.05) is 0 Å². The summed E-state index contributed by atoms with van der Waals surface area (Å²) in [6, 6.07) is 2.61. The van der Waals surface area contributed by atoms with Crippen LogP contribution in [0.2, 0.25) is 0 Å². The zero-order valence-electron chi connectivity index (χ0n) is 15.8. The summed E-state index contributed by atoms with van der Waals surface area (Å²) in [7, 11) is 0. The van der Waals surface area contributed by atoms with Gasteiger partial charge in [-0.25, -0.2) is 4.98 Å². The van der Waals surface area contributed by atoms with Gasteiger partial charge in [-0.1, -0.05) is 45.6 Å². The molecule has 0 spiro atoms. The molecule has 0 aromatic carbocycles. The maximum Gasteiger partial charge on any atom is 0.179 e. The van der Waals surface area contributed by atoms with E-state index in [1.54, 1.807) is 0 Å². The van der Waals surface area contributed by atoms with Gasteiger partial charge in [0.1, 0.15) is 5.82 Å². The van der Waals surface area contributed by atoms with Gasteiger partial charge in [0.2, 0.25) is 0 Å². The minimum Gasteiger partial charge on any atom is -0.345 e. The fourth-order valence-corrected chi connectivity index (χ4v) is 5.28. The highest BCUT2D eigenvalue weighted by Crippen LogP contribution is 2.42. The highest BCUT2D eigenvalue weighted by atomic mass is 32.2. The van der Waals surface area contributed by atoms with Crippen LogP contribution in [-0.2, 0) is 0 Å². The van der Waals surface area contributed by atoms with Crippen molar-refractivity contribution in [2.45, 2.75) is 70.1 Å². The molecule has 26 heavy (non-hydrogen) atoms. The molecular formula is C19H28N6S. The summed E-state index contributed by atoms with van der Waals surface area (Å²) in [4.78, 5) is 7.63. The normalized spacial score (nSPS) is 24.7. The largest absolute Gasteiger partial charge is 0.345 e. The Bertz CT molecular complexity index is 871. The van der Waals surface area contributed by atoms with Gasteiger partial charge in [-0.15, -0.1) is 10.2 Å². The second kappa shape index (κ2) is 7.56. The van der Waals surface area contributed by atoms with Gasteiger partial charge in [0.05, 0.1) is 11.7 Å². The molecule has 2 N–H and O–H groups in total. The monoisotopic (exact) mass is 372 g/mol. The minimum atomic E-state index is 0.440. The molecule has 1 saturated carbocycles. The number of aromatic amines is 1. The van der Waals surface area contributed by atoms with Crippen molar-refractivity contribution in [3.8, 4) is 0 Å². The Morgan fingerprint density at radius 3 is 3.04 bits per heavy atom. The molecule has 0 saturated heterocycles. The molecule has 0 radical (unpaired) electrons. The Morgan fingerprint density at radius 2 is 2.23 bits per heavy atom. The van der Waals surface area contributed by atoms with Crippen molar-refractivity contribution in [3.05, 3.63) is 24.3 Å². The van der Waals surface area contributed by atoms with Gasteiger partial charge in [0, 0.05) is 23.4 Å². The molecule has 1 fully saturated rings. The number of hydrogen-bond donors (Lipinski definition) is 2. The summed E-state index contributed by atoms with van der Waals surface area (Å²) in [6.45, 7) is 6.86. The van der Waals surface area contributed by atoms with Gasteiger partial charge in [0.15, 0.2) is 11.3 Å². The number of H-pyrrole nitrogens is 1. The number of aromatic nitrogens is 5. The SMILES string of the molecule is CCCC(C)SNC1CC(CC)C(c2nnc3cnc4[nH]ccc4n23)C1. The number of fused-ring (bicyclic) bond motifs is 3. The Labute approximate surface area is 158 Å². The zero-order chi connectivity index (χ0) is 18.1. The molecule has 140 valence electrons. The van der Waals surface area contributed by atoms with Crippen LogP contribution in [0.1, 0.15) is 64.6 Å². The van der Waals surface area contributed by atoms with Crippen molar-refractivity contribution in [3.63, 3.8) is 0 Å². The van der Waals surface area contributed by atoms with Crippen LogP contribution >= 0.6 is 11.9 Å². The average molecular weight is 373 g/mol. The first kappa shape index (κ1) is 17.8. The first-order chi connectivity index (χ1) is 12.7. The maximum atomic E-state index is 4.59. The van der Waals surface area contributed by atoms with E-state index >= 15 is 0 Å². The van der Waals surface area contributed by atoms with Crippen LogP contribution in [0.15, 0.2) is 18.5 Å². The first-order valence-corrected chi connectivity index (χ1v) is 10.7. The molecule has 3 aromatic rings.